The lowest BCUT2D eigenvalue weighted by Gasteiger charge is -2.33. The predicted molar refractivity (Wildman–Crippen MR) is 84.1 cm³/mol. The maximum absolute atomic E-state index is 4.27. The number of hydrogen-bond acceptors (Lipinski definition) is 1. The molecule has 0 bridgehead atoms. The molecule has 1 fully saturated rings. The third-order valence-electron chi connectivity index (χ3n) is 3.95. The van der Waals surface area contributed by atoms with Gasteiger partial charge in [0.15, 0.2) is 0 Å². The standard InChI is InChI=1S/C15H21Br2N/c1-2-3-11-4-5-15(17)13(6-11)7-12-8-14(16)10-18-9-12/h8-11,13,15H,2-7H2,1H3. The van der Waals surface area contributed by atoms with Gasteiger partial charge in [0.2, 0.25) is 0 Å². The quantitative estimate of drug-likeness (QED) is 0.646. The van der Waals surface area contributed by atoms with Crippen LogP contribution in [0.2, 0.25) is 0 Å². The first-order chi connectivity index (χ1) is 8.69. The minimum absolute atomic E-state index is 0.685. The van der Waals surface area contributed by atoms with Gasteiger partial charge in [0.25, 0.3) is 0 Å². The second kappa shape index (κ2) is 7.04. The Morgan fingerprint density at radius 2 is 2.17 bits per heavy atom. The Bertz CT molecular complexity index is 381. The first kappa shape index (κ1) is 14.5. The fraction of sp³-hybridized carbons (Fsp3) is 0.667. The van der Waals surface area contributed by atoms with Crippen molar-refractivity contribution >= 4 is 31.9 Å². The maximum atomic E-state index is 4.27. The molecule has 0 spiro atoms. The van der Waals surface area contributed by atoms with Crippen LogP contribution in [0.15, 0.2) is 22.9 Å². The second-order valence-electron chi connectivity index (χ2n) is 5.46. The Hall–Kier alpha value is 0.110. The van der Waals surface area contributed by atoms with E-state index in [9.17, 15) is 0 Å². The molecule has 0 radical (unpaired) electrons. The highest BCUT2D eigenvalue weighted by molar-refractivity contribution is 9.10. The van der Waals surface area contributed by atoms with E-state index in [1.54, 1.807) is 0 Å². The molecule has 3 atom stereocenters. The molecule has 100 valence electrons. The van der Waals surface area contributed by atoms with E-state index in [-0.39, 0.29) is 0 Å². The summed E-state index contributed by atoms with van der Waals surface area (Å²) in [4.78, 5) is 4.95. The molecule has 3 unspecified atom stereocenters. The molecule has 0 aromatic carbocycles. The number of hydrogen-bond donors (Lipinski definition) is 0. The fourth-order valence-corrected chi connectivity index (χ4v) is 4.16. The SMILES string of the molecule is CCCC1CCC(Br)C(Cc2cncc(Br)c2)C1. The number of aromatic nitrogens is 1. The van der Waals surface area contributed by atoms with Crippen LogP contribution < -0.4 is 0 Å². The summed E-state index contributed by atoms with van der Waals surface area (Å²) < 4.78 is 1.09. The van der Waals surface area contributed by atoms with Gasteiger partial charge in [0.05, 0.1) is 0 Å². The van der Waals surface area contributed by atoms with E-state index in [2.05, 4.69) is 49.8 Å². The van der Waals surface area contributed by atoms with Gasteiger partial charge in [0, 0.05) is 21.7 Å². The van der Waals surface area contributed by atoms with Gasteiger partial charge in [-0.1, -0.05) is 35.7 Å². The van der Waals surface area contributed by atoms with Crippen LogP contribution in [-0.2, 0) is 6.42 Å². The summed E-state index contributed by atoms with van der Waals surface area (Å²) in [5, 5.41) is 0. The van der Waals surface area contributed by atoms with E-state index in [4.69, 9.17) is 0 Å². The Kier molecular flexibility index (Phi) is 5.68. The van der Waals surface area contributed by atoms with Gasteiger partial charge < -0.3 is 0 Å². The van der Waals surface area contributed by atoms with Crippen molar-refractivity contribution in [2.75, 3.05) is 0 Å². The van der Waals surface area contributed by atoms with Gasteiger partial charge >= 0.3 is 0 Å². The molecule has 1 nitrogen and oxygen atoms in total. The van der Waals surface area contributed by atoms with Crippen molar-refractivity contribution in [3.8, 4) is 0 Å². The summed E-state index contributed by atoms with van der Waals surface area (Å²) in [5.41, 5.74) is 1.36. The Labute approximate surface area is 127 Å². The normalized spacial score (nSPS) is 28.3. The summed E-state index contributed by atoms with van der Waals surface area (Å²) in [6.07, 6.45) is 11.8. The summed E-state index contributed by atoms with van der Waals surface area (Å²) in [7, 11) is 0. The number of pyridine rings is 1. The first-order valence-electron chi connectivity index (χ1n) is 6.92. The highest BCUT2D eigenvalue weighted by Gasteiger charge is 2.28. The zero-order valence-corrected chi connectivity index (χ0v) is 14.1. The van der Waals surface area contributed by atoms with Crippen molar-refractivity contribution in [2.45, 2.75) is 50.3 Å². The topological polar surface area (TPSA) is 12.9 Å². The molecule has 0 aliphatic heterocycles. The molecular formula is C15H21Br2N. The van der Waals surface area contributed by atoms with E-state index in [0.717, 1.165) is 22.7 Å². The van der Waals surface area contributed by atoms with E-state index in [1.165, 1.54) is 37.7 Å². The second-order valence-corrected chi connectivity index (χ2v) is 7.55. The van der Waals surface area contributed by atoms with Crippen LogP contribution in [0, 0.1) is 11.8 Å². The molecular weight excluding hydrogens is 354 g/mol. The van der Waals surface area contributed by atoms with Gasteiger partial charge in [-0.3, -0.25) is 4.98 Å². The van der Waals surface area contributed by atoms with Crippen LogP contribution in [0.4, 0.5) is 0 Å². The molecule has 3 heteroatoms. The highest BCUT2D eigenvalue weighted by Crippen LogP contribution is 2.37. The van der Waals surface area contributed by atoms with Crippen molar-refractivity contribution in [1.82, 2.24) is 4.98 Å². The van der Waals surface area contributed by atoms with Crippen molar-refractivity contribution in [1.29, 1.82) is 0 Å². The third kappa shape index (κ3) is 4.06. The molecule has 18 heavy (non-hydrogen) atoms. The van der Waals surface area contributed by atoms with Crippen LogP contribution in [0.25, 0.3) is 0 Å². The van der Waals surface area contributed by atoms with E-state index in [1.807, 2.05) is 12.4 Å². The number of rotatable bonds is 4. The lowest BCUT2D eigenvalue weighted by Crippen LogP contribution is -2.26. The Morgan fingerprint density at radius 1 is 1.33 bits per heavy atom. The molecule has 0 amide bonds. The predicted octanol–water partition coefficient (Wildman–Crippen LogP) is 5.37. The summed E-state index contributed by atoms with van der Waals surface area (Å²) >= 11 is 7.38. The summed E-state index contributed by atoms with van der Waals surface area (Å²) in [5.74, 6) is 1.71. The lowest BCUT2D eigenvalue weighted by molar-refractivity contribution is 0.263. The van der Waals surface area contributed by atoms with Gasteiger partial charge in [-0.2, -0.15) is 0 Å². The zero-order chi connectivity index (χ0) is 13.0. The van der Waals surface area contributed by atoms with Crippen LogP contribution in [0.5, 0.6) is 0 Å². The Morgan fingerprint density at radius 3 is 2.89 bits per heavy atom. The van der Waals surface area contributed by atoms with Gasteiger partial charge in [-0.15, -0.1) is 0 Å². The van der Waals surface area contributed by atoms with Crippen LogP contribution >= 0.6 is 31.9 Å². The largest absolute Gasteiger partial charge is 0.263 e. The van der Waals surface area contributed by atoms with Crippen molar-refractivity contribution in [3.63, 3.8) is 0 Å². The molecule has 0 N–H and O–H groups in total. The molecule has 1 aliphatic rings. The van der Waals surface area contributed by atoms with Crippen molar-refractivity contribution in [3.05, 3.63) is 28.5 Å². The lowest BCUT2D eigenvalue weighted by atomic mass is 9.77. The molecule has 0 saturated heterocycles. The van der Waals surface area contributed by atoms with E-state index in [0.29, 0.717) is 4.83 Å². The van der Waals surface area contributed by atoms with E-state index < -0.39 is 0 Å². The number of nitrogens with zero attached hydrogens (tertiary/aromatic N) is 1. The zero-order valence-electron chi connectivity index (χ0n) is 10.9. The average Bonchev–Trinajstić information content (AvgIpc) is 2.34. The van der Waals surface area contributed by atoms with Crippen molar-refractivity contribution < 1.29 is 0 Å². The maximum Gasteiger partial charge on any atom is 0.0410 e. The number of halogens is 2. The van der Waals surface area contributed by atoms with Gasteiger partial charge in [-0.25, -0.2) is 0 Å². The summed E-state index contributed by atoms with van der Waals surface area (Å²) in [6.45, 7) is 2.30. The minimum Gasteiger partial charge on any atom is -0.263 e. The van der Waals surface area contributed by atoms with Gasteiger partial charge in [0.1, 0.15) is 0 Å². The molecule has 1 aromatic rings. The average molecular weight is 375 g/mol. The van der Waals surface area contributed by atoms with E-state index >= 15 is 0 Å². The fourth-order valence-electron chi connectivity index (χ4n) is 3.08. The first-order valence-corrected chi connectivity index (χ1v) is 8.63. The molecule has 1 aromatic heterocycles. The molecule has 1 aliphatic carbocycles. The summed E-state index contributed by atoms with van der Waals surface area (Å²) in [6, 6.07) is 2.20. The van der Waals surface area contributed by atoms with Crippen LogP contribution in [-0.4, -0.2) is 9.81 Å². The monoisotopic (exact) mass is 373 g/mol. The molecule has 1 heterocycles. The van der Waals surface area contributed by atoms with Crippen LogP contribution in [0.1, 0.15) is 44.6 Å². The molecule has 1 saturated carbocycles. The van der Waals surface area contributed by atoms with Gasteiger partial charge in [-0.05, 0) is 65.1 Å². The minimum atomic E-state index is 0.685. The number of alkyl halides is 1. The smallest absolute Gasteiger partial charge is 0.0410 e. The highest BCUT2D eigenvalue weighted by atomic mass is 79.9. The third-order valence-corrected chi connectivity index (χ3v) is 5.59. The Balaban J connectivity index is 1.98. The molecule has 2 rings (SSSR count). The van der Waals surface area contributed by atoms with Crippen LogP contribution in [0.3, 0.4) is 0 Å². The van der Waals surface area contributed by atoms with Crippen molar-refractivity contribution in [2.24, 2.45) is 11.8 Å².